The second-order valence-electron chi connectivity index (χ2n) is 5.90. The number of sulfone groups is 1. The van der Waals surface area contributed by atoms with Crippen LogP contribution in [0.4, 0.5) is 0 Å². The molecule has 114 valence electrons. The molecule has 1 aromatic carbocycles. The predicted molar refractivity (Wildman–Crippen MR) is 84.8 cm³/mol. The summed E-state index contributed by atoms with van der Waals surface area (Å²) in [6.07, 6.45) is 1.97. The molecule has 0 spiro atoms. The monoisotopic (exact) mass is 363 g/mol. The number of hydrogen-bond acceptors (Lipinski definition) is 4. The van der Waals surface area contributed by atoms with Crippen molar-refractivity contribution < 1.29 is 13.2 Å². The Morgan fingerprint density at radius 2 is 2.00 bits per heavy atom. The molecule has 4 nitrogen and oxygen atoms in total. The van der Waals surface area contributed by atoms with Crippen LogP contribution in [-0.4, -0.2) is 26.8 Å². The number of nitrogens with two attached hydrogens (primary N) is 1. The van der Waals surface area contributed by atoms with E-state index < -0.39 is 15.4 Å². The molecule has 0 aliphatic carbocycles. The second kappa shape index (κ2) is 6.45. The molecule has 0 fully saturated rings. The highest BCUT2D eigenvalue weighted by molar-refractivity contribution is 9.10. The molecule has 0 aromatic heterocycles. The molecule has 0 bridgehead atoms. The zero-order valence-corrected chi connectivity index (χ0v) is 14.7. The summed E-state index contributed by atoms with van der Waals surface area (Å²) in [5.41, 5.74) is 5.68. The third kappa shape index (κ3) is 5.42. The van der Waals surface area contributed by atoms with Crippen molar-refractivity contribution in [1.82, 2.24) is 0 Å². The van der Waals surface area contributed by atoms with Crippen molar-refractivity contribution in [3.05, 3.63) is 22.7 Å². The average Bonchev–Trinajstić information content (AvgIpc) is 2.24. The first-order chi connectivity index (χ1) is 9.01. The average molecular weight is 364 g/mol. The maximum absolute atomic E-state index is 11.8. The molecule has 1 unspecified atom stereocenters. The van der Waals surface area contributed by atoms with Gasteiger partial charge < -0.3 is 10.5 Å². The highest BCUT2D eigenvalue weighted by atomic mass is 79.9. The lowest BCUT2D eigenvalue weighted by atomic mass is 9.93. The molecule has 0 aliphatic rings. The molecule has 0 radical (unpaired) electrons. The molecule has 0 saturated heterocycles. The zero-order chi connectivity index (χ0) is 15.6. The fourth-order valence-electron chi connectivity index (χ4n) is 2.13. The Hall–Kier alpha value is -0.590. The Morgan fingerprint density at radius 3 is 2.50 bits per heavy atom. The van der Waals surface area contributed by atoms with Gasteiger partial charge in [-0.25, -0.2) is 8.42 Å². The Balaban J connectivity index is 2.94. The summed E-state index contributed by atoms with van der Waals surface area (Å²) in [4.78, 5) is 0.173. The van der Waals surface area contributed by atoms with Crippen LogP contribution in [0.25, 0.3) is 0 Å². The third-order valence-corrected chi connectivity index (χ3v) is 4.35. The number of benzene rings is 1. The maximum atomic E-state index is 11.8. The van der Waals surface area contributed by atoms with E-state index >= 15 is 0 Å². The van der Waals surface area contributed by atoms with E-state index in [-0.39, 0.29) is 11.5 Å². The van der Waals surface area contributed by atoms with E-state index in [2.05, 4.69) is 29.8 Å². The van der Waals surface area contributed by atoms with Crippen molar-refractivity contribution in [3.8, 4) is 5.75 Å². The van der Waals surface area contributed by atoms with E-state index in [4.69, 9.17) is 10.5 Å². The Kier molecular flexibility index (Phi) is 5.63. The smallest absolute Gasteiger partial charge is 0.179 e. The molecule has 0 heterocycles. The van der Waals surface area contributed by atoms with Crippen molar-refractivity contribution in [2.24, 2.45) is 11.7 Å². The van der Waals surface area contributed by atoms with Crippen LogP contribution in [0.1, 0.15) is 27.2 Å². The van der Waals surface area contributed by atoms with Crippen molar-refractivity contribution in [1.29, 1.82) is 0 Å². The molecule has 1 aromatic rings. The maximum Gasteiger partial charge on any atom is 0.179 e. The van der Waals surface area contributed by atoms with E-state index in [1.54, 1.807) is 18.2 Å². The van der Waals surface area contributed by atoms with Crippen LogP contribution in [0.2, 0.25) is 0 Å². The van der Waals surface area contributed by atoms with E-state index in [0.29, 0.717) is 16.1 Å². The third-order valence-electron chi connectivity index (χ3n) is 2.74. The minimum atomic E-state index is -3.34. The van der Waals surface area contributed by atoms with Crippen molar-refractivity contribution in [3.63, 3.8) is 0 Å². The van der Waals surface area contributed by atoms with Gasteiger partial charge >= 0.3 is 0 Å². The molecule has 0 amide bonds. The minimum Gasteiger partial charge on any atom is -0.490 e. The summed E-state index contributed by atoms with van der Waals surface area (Å²) < 4.78 is 29.9. The van der Waals surface area contributed by atoms with Gasteiger partial charge in [0.15, 0.2) is 9.84 Å². The predicted octanol–water partition coefficient (Wildman–Crippen LogP) is 2.99. The van der Waals surface area contributed by atoms with E-state index in [9.17, 15) is 8.42 Å². The molecule has 1 rings (SSSR count). The van der Waals surface area contributed by atoms with Gasteiger partial charge in [-0.15, -0.1) is 0 Å². The van der Waals surface area contributed by atoms with Crippen molar-refractivity contribution in [2.45, 2.75) is 37.6 Å². The highest BCUT2D eigenvalue weighted by Crippen LogP contribution is 2.28. The molecular formula is C14H22BrNO3S. The minimum absolute atomic E-state index is 0.173. The molecule has 2 N–H and O–H groups in total. The molecule has 20 heavy (non-hydrogen) atoms. The molecule has 0 aliphatic heterocycles. The number of hydrogen-bond donors (Lipinski definition) is 1. The van der Waals surface area contributed by atoms with Gasteiger partial charge in [-0.3, -0.25) is 0 Å². The first-order valence-corrected chi connectivity index (χ1v) is 9.11. The summed E-state index contributed by atoms with van der Waals surface area (Å²) in [6.45, 7) is 6.36. The highest BCUT2D eigenvalue weighted by Gasteiger charge is 2.23. The quantitative estimate of drug-likeness (QED) is 0.843. The van der Waals surface area contributed by atoms with E-state index in [0.717, 1.165) is 12.7 Å². The Bertz CT molecular complexity index is 568. The molecule has 1 atom stereocenters. The molecular weight excluding hydrogens is 342 g/mol. The number of ether oxygens (including phenoxy) is 1. The second-order valence-corrected chi connectivity index (χ2v) is 8.80. The van der Waals surface area contributed by atoms with Crippen LogP contribution < -0.4 is 10.5 Å². The van der Waals surface area contributed by atoms with Gasteiger partial charge in [0.05, 0.1) is 0 Å². The summed E-state index contributed by atoms with van der Waals surface area (Å²) >= 11 is 3.27. The van der Waals surface area contributed by atoms with Gasteiger partial charge in [0.2, 0.25) is 0 Å². The van der Waals surface area contributed by atoms with Crippen molar-refractivity contribution >= 4 is 25.8 Å². The fourth-order valence-corrected chi connectivity index (χ4v) is 3.47. The van der Waals surface area contributed by atoms with Crippen LogP contribution in [0, 0.1) is 5.92 Å². The zero-order valence-electron chi connectivity index (χ0n) is 12.3. The van der Waals surface area contributed by atoms with Crippen LogP contribution in [-0.2, 0) is 9.84 Å². The van der Waals surface area contributed by atoms with Crippen LogP contribution in [0.5, 0.6) is 5.75 Å². The number of halogens is 1. The summed E-state index contributed by atoms with van der Waals surface area (Å²) in [7, 11) is -3.34. The van der Waals surface area contributed by atoms with E-state index in [1.165, 1.54) is 0 Å². The fraction of sp³-hybridized carbons (Fsp3) is 0.571. The standard InChI is InChI=1S/C14H22BrNO3S/c1-10(2)8-14(3,16)9-19-12-6-5-11(15)7-13(12)20(4,17)18/h5-7,10H,8-9,16H2,1-4H3. The van der Waals surface area contributed by atoms with E-state index in [1.807, 2.05) is 6.92 Å². The lowest BCUT2D eigenvalue weighted by Gasteiger charge is -2.27. The van der Waals surface area contributed by atoms with Gasteiger partial charge in [0.1, 0.15) is 17.3 Å². The summed E-state index contributed by atoms with van der Waals surface area (Å²) in [6, 6.07) is 4.94. The van der Waals surface area contributed by atoms with Gasteiger partial charge in [-0.2, -0.15) is 0 Å². The van der Waals surface area contributed by atoms with Gasteiger partial charge in [-0.1, -0.05) is 29.8 Å². The first kappa shape index (κ1) is 17.5. The molecule has 6 heteroatoms. The van der Waals surface area contributed by atoms with Crippen LogP contribution in [0.15, 0.2) is 27.6 Å². The molecule has 0 saturated carbocycles. The van der Waals surface area contributed by atoms with Crippen LogP contribution in [0.3, 0.4) is 0 Å². The SMILES string of the molecule is CC(C)CC(C)(N)COc1ccc(Br)cc1S(C)(=O)=O. The van der Waals surface area contributed by atoms with Crippen LogP contribution >= 0.6 is 15.9 Å². The van der Waals surface area contributed by atoms with Gasteiger partial charge in [0.25, 0.3) is 0 Å². The topological polar surface area (TPSA) is 69.4 Å². The van der Waals surface area contributed by atoms with Gasteiger partial charge in [0, 0.05) is 16.3 Å². The largest absolute Gasteiger partial charge is 0.490 e. The number of rotatable bonds is 6. The van der Waals surface area contributed by atoms with Gasteiger partial charge in [-0.05, 0) is 37.5 Å². The lowest BCUT2D eigenvalue weighted by Crippen LogP contribution is -2.43. The normalized spacial score (nSPS) is 15.2. The Morgan fingerprint density at radius 1 is 1.40 bits per heavy atom. The first-order valence-electron chi connectivity index (χ1n) is 6.42. The summed E-state index contributed by atoms with van der Waals surface area (Å²) in [5, 5.41) is 0. The summed E-state index contributed by atoms with van der Waals surface area (Å²) in [5.74, 6) is 0.795. The Labute approximate surface area is 129 Å². The van der Waals surface area contributed by atoms with Crippen molar-refractivity contribution in [2.75, 3.05) is 12.9 Å². The lowest BCUT2D eigenvalue weighted by molar-refractivity contribution is 0.203.